The summed E-state index contributed by atoms with van der Waals surface area (Å²) in [5.41, 5.74) is 5.29. The smallest absolute Gasteiger partial charge is 0.0196 e. The standard InChI is InChI=1S/C18H26/c1-7-11-14-15(5)16(6)18(13-9-3)17(10-4)12-8-2/h7-9,11-14H,1,10H2,2-6H3/b12-8-,13-9-,14-11-,16-15+,18-17+. The van der Waals surface area contributed by atoms with Gasteiger partial charge in [-0.2, -0.15) is 0 Å². The molecular weight excluding hydrogens is 216 g/mol. The maximum atomic E-state index is 3.71. The summed E-state index contributed by atoms with van der Waals surface area (Å²) in [6.07, 6.45) is 15.5. The molecular formula is C18H26. The van der Waals surface area contributed by atoms with Crippen molar-refractivity contribution in [3.8, 4) is 0 Å². The summed E-state index contributed by atoms with van der Waals surface area (Å²) in [5, 5.41) is 0. The molecule has 0 aliphatic heterocycles. The Morgan fingerprint density at radius 2 is 1.61 bits per heavy atom. The van der Waals surface area contributed by atoms with Gasteiger partial charge in [-0.25, -0.2) is 0 Å². The molecule has 0 bridgehead atoms. The molecule has 0 amide bonds. The van der Waals surface area contributed by atoms with Crippen LogP contribution in [-0.4, -0.2) is 0 Å². The number of hydrogen-bond donors (Lipinski definition) is 0. The molecule has 0 rings (SSSR count). The molecule has 0 aromatic heterocycles. The van der Waals surface area contributed by atoms with E-state index in [1.807, 2.05) is 12.2 Å². The van der Waals surface area contributed by atoms with Crippen LogP contribution in [0.2, 0.25) is 0 Å². The highest BCUT2D eigenvalue weighted by Gasteiger charge is 2.04. The van der Waals surface area contributed by atoms with Gasteiger partial charge in [0, 0.05) is 0 Å². The van der Waals surface area contributed by atoms with Crippen LogP contribution >= 0.6 is 0 Å². The lowest BCUT2D eigenvalue weighted by Gasteiger charge is -2.11. The normalized spacial score (nSPS) is 15.4. The van der Waals surface area contributed by atoms with Crippen LogP contribution in [0.25, 0.3) is 0 Å². The highest BCUT2D eigenvalue weighted by molar-refractivity contribution is 5.49. The predicted octanol–water partition coefficient (Wildman–Crippen LogP) is 5.92. The SMILES string of the molecule is C=C\C=C/C(C)=C(C)/C(/C=C\C)=C(/C=C\C)CC. The summed E-state index contributed by atoms with van der Waals surface area (Å²) < 4.78 is 0. The monoisotopic (exact) mass is 242 g/mol. The van der Waals surface area contributed by atoms with Gasteiger partial charge in [-0.3, -0.25) is 0 Å². The summed E-state index contributed by atoms with van der Waals surface area (Å²) in [7, 11) is 0. The van der Waals surface area contributed by atoms with E-state index in [4.69, 9.17) is 0 Å². The van der Waals surface area contributed by atoms with E-state index >= 15 is 0 Å². The van der Waals surface area contributed by atoms with Gasteiger partial charge in [0.1, 0.15) is 0 Å². The Balaban J connectivity index is 5.75. The first-order valence-electron chi connectivity index (χ1n) is 6.57. The fourth-order valence-corrected chi connectivity index (χ4v) is 1.79. The van der Waals surface area contributed by atoms with E-state index in [1.54, 1.807) is 0 Å². The molecule has 0 saturated heterocycles. The van der Waals surface area contributed by atoms with Crippen molar-refractivity contribution in [2.24, 2.45) is 0 Å². The summed E-state index contributed by atoms with van der Waals surface area (Å²) >= 11 is 0. The lowest BCUT2D eigenvalue weighted by atomic mass is 9.94. The molecule has 98 valence electrons. The Hall–Kier alpha value is -1.56. The zero-order valence-electron chi connectivity index (χ0n) is 12.5. The van der Waals surface area contributed by atoms with Crippen LogP contribution in [0, 0.1) is 0 Å². The second-order valence-electron chi connectivity index (χ2n) is 4.20. The molecule has 0 aliphatic carbocycles. The minimum Gasteiger partial charge on any atom is -0.0991 e. The van der Waals surface area contributed by atoms with Crippen molar-refractivity contribution in [2.75, 3.05) is 0 Å². The average Bonchev–Trinajstić information content (AvgIpc) is 2.39. The van der Waals surface area contributed by atoms with Crippen LogP contribution in [0.15, 0.2) is 71.4 Å². The van der Waals surface area contributed by atoms with Gasteiger partial charge in [0.2, 0.25) is 0 Å². The van der Waals surface area contributed by atoms with E-state index < -0.39 is 0 Å². The van der Waals surface area contributed by atoms with Gasteiger partial charge < -0.3 is 0 Å². The van der Waals surface area contributed by atoms with E-state index in [-0.39, 0.29) is 0 Å². The van der Waals surface area contributed by atoms with Crippen LogP contribution < -0.4 is 0 Å². The lowest BCUT2D eigenvalue weighted by Crippen LogP contribution is -1.91. The Morgan fingerprint density at radius 3 is 2.06 bits per heavy atom. The van der Waals surface area contributed by atoms with E-state index in [9.17, 15) is 0 Å². The molecule has 0 aliphatic rings. The summed E-state index contributed by atoms with van der Waals surface area (Å²) in [6.45, 7) is 14.3. The van der Waals surface area contributed by atoms with Crippen molar-refractivity contribution in [3.63, 3.8) is 0 Å². The molecule has 0 atom stereocenters. The third-order valence-electron chi connectivity index (χ3n) is 2.91. The molecule has 0 N–H and O–H groups in total. The minimum atomic E-state index is 1.04. The van der Waals surface area contributed by atoms with E-state index in [0.29, 0.717) is 0 Å². The van der Waals surface area contributed by atoms with Crippen molar-refractivity contribution in [1.29, 1.82) is 0 Å². The highest BCUT2D eigenvalue weighted by Crippen LogP contribution is 2.23. The van der Waals surface area contributed by atoms with Gasteiger partial charge in [0.05, 0.1) is 0 Å². The number of rotatable bonds is 6. The van der Waals surface area contributed by atoms with Gasteiger partial charge >= 0.3 is 0 Å². The summed E-state index contributed by atoms with van der Waals surface area (Å²) in [5.74, 6) is 0. The first-order valence-corrected chi connectivity index (χ1v) is 6.57. The fourth-order valence-electron chi connectivity index (χ4n) is 1.79. The minimum absolute atomic E-state index is 1.04. The Kier molecular flexibility index (Phi) is 8.65. The third kappa shape index (κ3) is 5.18. The molecule has 0 spiro atoms. The van der Waals surface area contributed by atoms with Crippen LogP contribution in [-0.2, 0) is 0 Å². The average molecular weight is 242 g/mol. The van der Waals surface area contributed by atoms with E-state index in [2.05, 4.69) is 71.6 Å². The maximum absolute atomic E-state index is 3.71. The van der Waals surface area contributed by atoms with Crippen molar-refractivity contribution in [3.05, 3.63) is 71.4 Å². The summed E-state index contributed by atoms with van der Waals surface area (Å²) in [6, 6.07) is 0. The molecule has 0 aromatic rings. The molecule has 0 nitrogen and oxygen atoms in total. The first kappa shape index (κ1) is 16.4. The van der Waals surface area contributed by atoms with Crippen LogP contribution in [0.1, 0.15) is 41.0 Å². The molecule has 0 aromatic carbocycles. The van der Waals surface area contributed by atoms with Gasteiger partial charge in [0.15, 0.2) is 0 Å². The number of allylic oxidation sites excluding steroid dienone is 11. The number of hydrogen-bond acceptors (Lipinski definition) is 0. The second kappa shape index (κ2) is 9.47. The van der Waals surface area contributed by atoms with Gasteiger partial charge in [-0.1, -0.05) is 56.0 Å². The van der Waals surface area contributed by atoms with Crippen molar-refractivity contribution in [2.45, 2.75) is 41.0 Å². The van der Waals surface area contributed by atoms with Crippen molar-refractivity contribution < 1.29 is 0 Å². The molecule has 0 unspecified atom stereocenters. The van der Waals surface area contributed by atoms with Gasteiger partial charge in [-0.15, -0.1) is 0 Å². The van der Waals surface area contributed by atoms with Crippen molar-refractivity contribution in [1.82, 2.24) is 0 Å². The Labute approximate surface area is 113 Å². The molecule has 0 saturated carbocycles. The van der Waals surface area contributed by atoms with Crippen LogP contribution in [0.5, 0.6) is 0 Å². The Morgan fingerprint density at radius 1 is 1.00 bits per heavy atom. The predicted molar refractivity (Wildman–Crippen MR) is 84.7 cm³/mol. The molecule has 18 heavy (non-hydrogen) atoms. The van der Waals surface area contributed by atoms with Crippen LogP contribution in [0.4, 0.5) is 0 Å². The maximum Gasteiger partial charge on any atom is -0.0196 e. The topological polar surface area (TPSA) is 0 Å². The zero-order chi connectivity index (χ0) is 14.0. The molecule has 0 heteroatoms. The highest BCUT2D eigenvalue weighted by atomic mass is 14.1. The molecule has 0 fully saturated rings. The van der Waals surface area contributed by atoms with Gasteiger partial charge in [0.25, 0.3) is 0 Å². The quantitative estimate of drug-likeness (QED) is 0.507. The molecule has 0 heterocycles. The fraction of sp³-hybridized carbons (Fsp3) is 0.333. The lowest BCUT2D eigenvalue weighted by molar-refractivity contribution is 1.11. The van der Waals surface area contributed by atoms with Crippen LogP contribution in [0.3, 0.4) is 0 Å². The van der Waals surface area contributed by atoms with E-state index in [1.165, 1.54) is 22.3 Å². The van der Waals surface area contributed by atoms with Crippen molar-refractivity contribution >= 4 is 0 Å². The Bertz CT molecular complexity index is 409. The van der Waals surface area contributed by atoms with Gasteiger partial charge in [-0.05, 0) is 56.4 Å². The third-order valence-corrected chi connectivity index (χ3v) is 2.91. The van der Waals surface area contributed by atoms with E-state index in [0.717, 1.165) is 6.42 Å². The molecule has 0 radical (unpaired) electrons. The first-order chi connectivity index (χ1) is 8.62. The summed E-state index contributed by atoms with van der Waals surface area (Å²) in [4.78, 5) is 0. The zero-order valence-corrected chi connectivity index (χ0v) is 12.5. The second-order valence-corrected chi connectivity index (χ2v) is 4.20. The largest absolute Gasteiger partial charge is 0.0991 e.